The van der Waals surface area contributed by atoms with Crippen molar-refractivity contribution in [3.63, 3.8) is 0 Å². The molecule has 2 aromatic carbocycles. The van der Waals surface area contributed by atoms with Gasteiger partial charge in [-0.2, -0.15) is 13.2 Å². The van der Waals surface area contributed by atoms with Crippen molar-refractivity contribution in [3.05, 3.63) is 82.7 Å². The monoisotopic (exact) mass is 473 g/mol. The number of nitrogens with one attached hydrogen (secondary N) is 1. The van der Waals surface area contributed by atoms with Crippen molar-refractivity contribution in [2.75, 3.05) is 5.32 Å². The third-order valence-corrected chi connectivity index (χ3v) is 4.08. The van der Waals surface area contributed by atoms with Crippen LogP contribution in [0.15, 0.2) is 42.6 Å². The molecule has 0 radical (unpaired) electrons. The number of hydrogen-bond acceptors (Lipinski definition) is 4. The zero-order valence-electron chi connectivity index (χ0n) is 15.9. The summed E-state index contributed by atoms with van der Waals surface area (Å²) in [4.78, 5) is 27.5. The largest absolute Gasteiger partial charge is 0.450 e. The molecule has 3 rings (SSSR count). The van der Waals surface area contributed by atoms with Crippen LogP contribution in [0.25, 0.3) is 0 Å². The molecule has 1 aromatic heterocycles. The fourth-order valence-electron chi connectivity index (χ4n) is 2.65. The average Bonchev–Trinajstić information content (AvgIpc) is 2.69. The van der Waals surface area contributed by atoms with Crippen molar-refractivity contribution in [2.45, 2.75) is 6.18 Å². The lowest BCUT2D eigenvalue weighted by molar-refractivity contribution is -0.140. The molecule has 0 spiro atoms. The Morgan fingerprint density at radius 1 is 0.970 bits per heavy atom. The van der Waals surface area contributed by atoms with Crippen LogP contribution >= 0.6 is 0 Å². The molecule has 33 heavy (non-hydrogen) atoms. The number of carbonyl (C=O) groups is 2. The quantitative estimate of drug-likeness (QED) is 0.521. The van der Waals surface area contributed by atoms with Gasteiger partial charge in [0, 0.05) is 24.0 Å². The molecule has 13 heteroatoms. The molecular formula is C20H10F7N3O3. The molecule has 0 bridgehead atoms. The second-order valence-electron chi connectivity index (χ2n) is 6.35. The third-order valence-electron chi connectivity index (χ3n) is 4.08. The van der Waals surface area contributed by atoms with Gasteiger partial charge in [0.05, 0.1) is 5.56 Å². The van der Waals surface area contributed by atoms with Crippen LogP contribution < -0.4 is 15.8 Å². The predicted molar refractivity (Wildman–Crippen MR) is 98.5 cm³/mol. The number of ether oxygens (including phenoxy) is 1. The van der Waals surface area contributed by atoms with E-state index < -0.39 is 63.9 Å². The highest BCUT2D eigenvalue weighted by Gasteiger charge is 2.37. The van der Waals surface area contributed by atoms with Gasteiger partial charge in [-0.05, 0) is 24.3 Å². The number of nitrogens with zero attached hydrogens (tertiary/aromatic N) is 1. The smallest absolute Gasteiger partial charge is 0.419 e. The first-order valence-corrected chi connectivity index (χ1v) is 8.67. The number of nitrogens with two attached hydrogens (primary N) is 1. The molecule has 3 aromatic rings. The van der Waals surface area contributed by atoms with E-state index >= 15 is 0 Å². The van der Waals surface area contributed by atoms with Crippen molar-refractivity contribution in [2.24, 2.45) is 5.73 Å². The summed E-state index contributed by atoms with van der Waals surface area (Å²) in [5.74, 6) is -11.4. The number of hydrogen-bond donors (Lipinski definition) is 2. The van der Waals surface area contributed by atoms with E-state index in [9.17, 15) is 40.3 Å². The molecule has 0 aliphatic carbocycles. The Labute approximate surface area is 179 Å². The number of amides is 2. The van der Waals surface area contributed by atoms with Crippen molar-refractivity contribution < 1.29 is 45.1 Å². The molecule has 0 aliphatic heterocycles. The molecule has 1 heterocycles. The molecular weight excluding hydrogens is 463 g/mol. The van der Waals surface area contributed by atoms with Gasteiger partial charge in [0.15, 0.2) is 23.2 Å². The third kappa shape index (κ3) is 5.02. The summed E-state index contributed by atoms with van der Waals surface area (Å²) in [6, 6.07) is 3.13. The fraction of sp³-hybridized carbons (Fsp3) is 0.0500. The lowest BCUT2D eigenvalue weighted by Crippen LogP contribution is -2.20. The van der Waals surface area contributed by atoms with Crippen molar-refractivity contribution >= 4 is 17.5 Å². The average molecular weight is 473 g/mol. The Bertz CT molecular complexity index is 1240. The number of alkyl halides is 3. The number of benzene rings is 2. The summed E-state index contributed by atoms with van der Waals surface area (Å²) in [7, 11) is 0. The standard InChI is InChI=1S/C20H10F7N3O3/c21-8-5-11(22)17(12(23)6-8)33-14-2-1-10(20(25,26)27)16(24)15(14)19(32)30-9-3-4-29-13(7-9)18(28)31/h1-7H,(H2,28,31)(H,29,30,32). The summed E-state index contributed by atoms with van der Waals surface area (Å²) >= 11 is 0. The number of rotatable bonds is 5. The maximum atomic E-state index is 14.8. The van der Waals surface area contributed by atoms with Gasteiger partial charge in [-0.3, -0.25) is 14.6 Å². The molecule has 0 aliphatic rings. The normalized spacial score (nSPS) is 11.2. The summed E-state index contributed by atoms with van der Waals surface area (Å²) < 4.78 is 100. The van der Waals surface area contributed by atoms with Crippen LogP contribution in [0.5, 0.6) is 11.5 Å². The van der Waals surface area contributed by atoms with Crippen LogP contribution in [0.3, 0.4) is 0 Å². The minimum atomic E-state index is -5.24. The Hall–Kier alpha value is -4.16. The van der Waals surface area contributed by atoms with Gasteiger partial charge in [0.2, 0.25) is 0 Å². The number of carbonyl (C=O) groups excluding carboxylic acids is 2. The number of halogens is 7. The van der Waals surface area contributed by atoms with E-state index in [2.05, 4.69) is 4.98 Å². The van der Waals surface area contributed by atoms with Gasteiger partial charge in [-0.15, -0.1) is 0 Å². The van der Waals surface area contributed by atoms with Gasteiger partial charge in [0.1, 0.15) is 22.8 Å². The fourth-order valence-corrected chi connectivity index (χ4v) is 2.65. The van der Waals surface area contributed by atoms with Crippen LogP contribution in [0.1, 0.15) is 26.4 Å². The number of pyridine rings is 1. The molecule has 0 fully saturated rings. The molecule has 3 N–H and O–H groups in total. The first kappa shape index (κ1) is 23.5. The SMILES string of the molecule is NC(=O)c1cc(NC(=O)c2c(Oc3c(F)cc(F)cc3F)ccc(C(F)(F)F)c2F)ccn1. The van der Waals surface area contributed by atoms with E-state index in [0.29, 0.717) is 6.07 Å². The predicted octanol–water partition coefficient (Wildman–Crippen LogP) is 4.80. The highest BCUT2D eigenvalue weighted by Crippen LogP contribution is 2.38. The second kappa shape index (κ2) is 8.76. The van der Waals surface area contributed by atoms with E-state index in [1.807, 2.05) is 5.32 Å². The van der Waals surface area contributed by atoms with Crippen LogP contribution in [0, 0.1) is 23.3 Å². The second-order valence-corrected chi connectivity index (χ2v) is 6.35. The van der Waals surface area contributed by atoms with E-state index in [0.717, 1.165) is 18.3 Å². The number of anilines is 1. The van der Waals surface area contributed by atoms with Gasteiger partial charge < -0.3 is 15.8 Å². The topological polar surface area (TPSA) is 94.3 Å². The Kier molecular flexibility index (Phi) is 6.24. The highest BCUT2D eigenvalue weighted by molar-refractivity contribution is 6.07. The summed E-state index contributed by atoms with van der Waals surface area (Å²) in [5.41, 5.74) is 1.26. The zero-order valence-corrected chi connectivity index (χ0v) is 15.9. The van der Waals surface area contributed by atoms with Crippen molar-refractivity contribution in [1.82, 2.24) is 4.98 Å². The number of primary amides is 1. The van der Waals surface area contributed by atoms with E-state index in [1.54, 1.807) is 0 Å². The van der Waals surface area contributed by atoms with E-state index in [1.165, 1.54) is 0 Å². The van der Waals surface area contributed by atoms with E-state index in [4.69, 9.17) is 10.5 Å². The summed E-state index contributed by atoms with van der Waals surface area (Å²) in [6.07, 6.45) is -4.21. The minimum Gasteiger partial charge on any atom is -0.450 e. The van der Waals surface area contributed by atoms with Crippen LogP contribution in [0.2, 0.25) is 0 Å². The molecule has 0 saturated heterocycles. The molecule has 0 unspecified atom stereocenters. The molecule has 2 amide bonds. The first-order chi connectivity index (χ1) is 15.4. The van der Waals surface area contributed by atoms with E-state index in [-0.39, 0.29) is 29.6 Å². The van der Waals surface area contributed by atoms with Crippen molar-refractivity contribution in [1.29, 1.82) is 0 Å². The molecule has 6 nitrogen and oxygen atoms in total. The van der Waals surface area contributed by atoms with Crippen molar-refractivity contribution in [3.8, 4) is 11.5 Å². The minimum absolute atomic E-state index is 0.193. The van der Waals surface area contributed by atoms with Crippen LogP contribution in [-0.2, 0) is 6.18 Å². The van der Waals surface area contributed by atoms with Crippen LogP contribution in [0.4, 0.5) is 36.4 Å². The zero-order chi connectivity index (χ0) is 24.5. The first-order valence-electron chi connectivity index (χ1n) is 8.67. The number of aromatic nitrogens is 1. The van der Waals surface area contributed by atoms with Crippen LogP contribution in [-0.4, -0.2) is 16.8 Å². The molecule has 0 atom stereocenters. The maximum Gasteiger partial charge on any atom is 0.419 e. The lowest BCUT2D eigenvalue weighted by Gasteiger charge is -2.16. The molecule has 0 saturated carbocycles. The molecule has 172 valence electrons. The maximum absolute atomic E-state index is 14.8. The van der Waals surface area contributed by atoms with Gasteiger partial charge in [-0.1, -0.05) is 0 Å². The Morgan fingerprint density at radius 2 is 1.61 bits per heavy atom. The summed E-state index contributed by atoms with van der Waals surface area (Å²) in [6.45, 7) is 0. The van der Waals surface area contributed by atoms with Gasteiger partial charge >= 0.3 is 6.18 Å². The van der Waals surface area contributed by atoms with Gasteiger partial charge in [0.25, 0.3) is 11.8 Å². The Balaban J connectivity index is 2.10. The Morgan fingerprint density at radius 3 is 2.18 bits per heavy atom. The van der Waals surface area contributed by atoms with Gasteiger partial charge in [-0.25, -0.2) is 17.6 Å². The lowest BCUT2D eigenvalue weighted by atomic mass is 10.1. The highest BCUT2D eigenvalue weighted by atomic mass is 19.4. The summed E-state index contributed by atoms with van der Waals surface area (Å²) in [5, 5.41) is 2.02.